The molecule has 0 unspecified atom stereocenters. The highest BCUT2D eigenvalue weighted by Gasteiger charge is 2.20. The highest BCUT2D eigenvalue weighted by Crippen LogP contribution is 2.38. The second kappa shape index (κ2) is 5.06. The fourth-order valence-electron chi connectivity index (χ4n) is 3.50. The Hall–Kier alpha value is -1.60. The summed E-state index contributed by atoms with van der Waals surface area (Å²) >= 11 is 0. The number of fused-ring (bicyclic) bond motifs is 1. The van der Waals surface area contributed by atoms with Crippen LogP contribution in [0.5, 0.6) is 0 Å². The molecule has 2 aromatic carbocycles. The van der Waals surface area contributed by atoms with Gasteiger partial charge in [-0.2, -0.15) is 0 Å². The van der Waals surface area contributed by atoms with Crippen LogP contribution in [0.15, 0.2) is 42.5 Å². The summed E-state index contributed by atoms with van der Waals surface area (Å²) in [7, 11) is 0. The van der Waals surface area contributed by atoms with Gasteiger partial charge in [-0.15, -0.1) is 0 Å². The standard InChI is InChI=1S/C19H21N/c1-4-14(5-1)15-6-2-7-16(12-15)18-9-3-8-17-13-20-11-10-19(17)18/h2-3,6-9,12,14,20H,1,4-5,10-11,13H2. The maximum absolute atomic E-state index is 3.47. The van der Waals surface area contributed by atoms with Crippen LogP contribution in [0.1, 0.15) is 41.9 Å². The third-order valence-electron chi connectivity index (χ3n) is 4.91. The first-order chi connectivity index (χ1) is 9.92. The van der Waals surface area contributed by atoms with Crippen LogP contribution < -0.4 is 5.32 Å². The average molecular weight is 263 g/mol. The van der Waals surface area contributed by atoms with Crippen LogP contribution in [0.4, 0.5) is 0 Å². The number of hydrogen-bond acceptors (Lipinski definition) is 1. The molecule has 1 aliphatic heterocycles. The van der Waals surface area contributed by atoms with Crippen LogP contribution in [0, 0.1) is 0 Å². The van der Waals surface area contributed by atoms with Crippen molar-refractivity contribution < 1.29 is 0 Å². The third kappa shape index (κ3) is 2.06. The van der Waals surface area contributed by atoms with Crippen molar-refractivity contribution in [3.63, 3.8) is 0 Å². The molecule has 4 rings (SSSR count). The predicted molar refractivity (Wildman–Crippen MR) is 83.9 cm³/mol. The van der Waals surface area contributed by atoms with E-state index in [-0.39, 0.29) is 0 Å². The quantitative estimate of drug-likeness (QED) is 0.853. The van der Waals surface area contributed by atoms with E-state index in [0.717, 1.165) is 25.4 Å². The Morgan fingerprint density at radius 1 is 1.00 bits per heavy atom. The smallest absolute Gasteiger partial charge is 0.0208 e. The lowest BCUT2D eigenvalue weighted by atomic mass is 9.79. The summed E-state index contributed by atoms with van der Waals surface area (Å²) in [6.45, 7) is 2.12. The van der Waals surface area contributed by atoms with Gasteiger partial charge in [-0.3, -0.25) is 0 Å². The average Bonchev–Trinajstić information content (AvgIpc) is 2.45. The van der Waals surface area contributed by atoms with Crippen molar-refractivity contribution in [2.45, 2.75) is 38.1 Å². The summed E-state index contributed by atoms with van der Waals surface area (Å²) < 4.78 is 0. The monoisotopic (exact) mass is 263 g/mol. The zero-order valence-corrected chi connectivity index (χ0v) is 11.9. The lowest BCUT2D eigenvalue weighted by Gasteiger charge is -2.26. The number of nitrogens with one attached hydrogen (secondary N) is 1. The van der Waals surface area contributed by atoms with E-state index in [9.17, 15) is 0 Å². The summed E-state index contributed by atoms with van der Waals surface area (Å²) in [4.78, 5) is 0. The van der Waals surface area contributed by atoms with Gasteiger partial charge in [0.15, 0.2) is 0 Å². The van der Waals surface area contributed by atoms with Gasteiger partial charge in [0.1, 0.15) is 0 Å². The van der Waals surface area contributed by atoms with E-state index in [0.29, 0.717) is 0 Å². The van der Waals surface area contributed by atoms with Crippen molar-refractivity contribution in [1.82, 2.24) is 5.32 Å². The summed E-state index contributed by atoms with van der Waals surface area (Å²) in [5.74, 6) is 0.816. The molecule has 1 heteroatoms. The minimum absolute atomic E-state index is 0.816. The van der Waals surface area contributed by atoms with E-state index in [1.807, 2.05) is 0 Å². The van der Waals surface area contributed by atoms with Gasteiger partial charge in [0.2, 0.25) is 0 Å². The van der Waals surface area contributed by atoms with Gasteiger partial charge in [0, 0.05) is 6.54 Å². The fourth-order valence-corrected chi connectivity index (χ4v) is 3.50. The Bertz CT molecular complexity index is 625. The van der Waals surface area contributed by atoms with Gasteiger partial charge < -0.3 is 5.32 Å². The molecule has 1 saturated carbocycles. The van der Waals surface area contributed by atoms with Crippen molar-refractivity contribution in [2.75, 3.05) is 6.54 Å². The number of benzene rings is 2. The molecule has 0 bridgehead atoms. The van der Waals surface area contributed by atoms with Crippen LogP contribution in [0.25, 0.3) is 11.1 Å². The Morgan fingerprint density at radius 3 is 2.75 bits per heavy atom. The lowest BCUT2D eigenvalue weighted by molar-refractivity contribution is 0.420. The van der Waals surface area contributed by atoms with Crippen molar-refractivity contribution in [3.05, 3.63) is 59.2 Å². The van der Waals surface area contributed by atoms with E-state index in [2.05, 4.69) is 47.8 Å². The van der Waals surface area contributed by atoms with Crippen molar-refractivity contribution in [2.24, 2.45) is 0 Å². The van der Waals surface area contributed by atoms with Gasteiger partial charge in [0.25, 0.3) is 0 Å². The summed E-state index contributed by atoms with van der Waals surface area (Å²) in [5.41, 5.74) is 7.43. The third-order valence-corrected chi connectivity index (χ3v) is 4.91. The largest absolute Gasteiger partial charge is 0.312 e. The van der Waals surface area contributed by atoms with Crippen LogP contribution in [-0.2, 0) is 13.0 Å². The molecule has 1 nitrogen and oxygen atoms in total. The fraction of sp³-hybridized carbons (Fsp3) is 0.368. The van der Waals surface area contributed by atoms with Crippen molar-refractivity contribution in [3.8, 4) is 11.1 Å². The minimum Gasteiger partial charge on any atom is -0.312 e. The summed E-state index contributed by atoms with van der Waals surface area (Å²) in [6, 6.07) is 16.0. The summed E-state index contributed by atoms with van der Waals surface area (Å²) in [5, 5.41) is 3.47. The highest BCUT2D eigenvalue weighted by molar-refractivity contribution is 5.70. The van der Waals surface area contributed by atoms with Crippen LogP contribution >= 0.6 is 0 Å². The first-order valence-corrected chi connectivity index (χ1v) is 7.83. The molecule has 2 aliphatic rings. The van der Waals surface area contributed by atoms with Gasteiger partial charge in [-0.05, 0) is 59.5 Å². The van der Waals surface area contributed by atoms with Crippen molar-refractivity contribution >= 4 is 0 Å². The zero-order valence-electron chi connectivity index (χ0n) is 11.9. The molecule has 1 heterocycles. The molecule has 2 aromatic rings. The SMILES string of the molecule is c1cc(-c2cccc3c2CCNC3)cc(C2CCC2)c1. The number of hydrogen-bond donors (Lipinski definition) is 1. The van der Waals surface area contributed by atoms with Crippen LogP contribution in [0.2, 0.25) is 0 Å². The van der Waals surface area contributed by atoms with Gasteiger partial charge in [0.05, 0.1) is 0 Å². The van der Waals surface area contributed by atoms with E-state index < -0.39 is 0 Å². The molecule has 0 spiro atoms. The first kappa shape index (κ1) is 12.2. The molecule has 0 aromatic heterocycles. The summed E-state index contributed by atoms with van der Waals surface area (Å²) in [6.07, 6.45) is 5.31. The normalized spacial score (nSPS) is 18.4. The van der Waals surface area contributed by atoms with Gasteiger partial charge >= 0.3 is 0 Å². The van der Waals surface area contributed by atoms with Gasteiger partial charge in [-0.1, -0.05) is 48.9 Å². The van der Waals surface area contributed by atoms with E-state index >= 15 is 0 Å². The maximum atomic E-state index is 3.47. The number of rotatable bonds is 2. The molecule has 20 heavy (non-hydrogen) atoms. The molecule has 0 saturated heterocycles. The van der Waals surface area contributed by atoms with Crippen LogP contribution in [-0.4, -0.2) is 6.54 Å². The van der Waals surface area contributed by atoms with E-state index in [4.69, 9.17) is 0 Å². The molecular weight excluding hydrogens is 242 g/mol. The molecular formula is C19H21N. The molecule has 1 N–H and O–H groups in total. The first-order valence-electron chi connectivity index (χ1n) is 7.83. The Balaban J connectivity index is 1.77. The topological polar surface area (TPSA) is 12.0 Å². The minimum atomic E-state index is 0.816. The molecule has 0 amide bonds. The van der Waals surface area contributed by atoms with E-state index in [1.165, 1.54) is 36.0 Å². The van der Waals surface area contributed by atoms with Gasteiger partial charge in [-0.25, -0.2) is 0 Å². The Labute approximate surface area is 121 Å². The molecule has 1 aliphatic carbocycles. The Kier molecular flexibility index (Phi) is 3.08. The second-order valence-corrected chi connectivity index (χ2v) is 6.12. The van der Waals surface area contributed by atoms with E-state index in [1.54, 1.807) is 11.1 Å². The molecule has 1 fully saturated rings. The highest BCUT2D eigenvalue weighted by atomic mass is 14.9. The van der Waals surface area contributed by atoms with Crippen LogP contribution in [0.3, 0.4) is 0 Å². The lowest BCUT2D eigenvalue weighted by Crippen LogP contribution is -2.24. The Morgan fingerprint density at radius 2 is 1.90 bits per heavy atom. The molecule has 0 atom stereocenters. The predicted octanol–water partition coefficient (Wildman–Crippen LogP) is 4.27. The molecule has 102 valence electrons. The van der Waals surface area contributed by atoms with Crippen molar-refractivity contribution in [1.29, 1.82) is 0 Å². The molecule has 0 radical (unpaired) electrons. The second-order valence-electron chi connectivity index (χ2n) is 6.12. The zero-order chi connectivity index (χ0) is 13.4. The maximum Gasteiger partial charge on any atom is 0.0208 e.